The second-order valence-electron chi connectivity index (χ2n) is 4.58. The molecular weight excluding hydrogens is 256 g/mol. The number of anilines is 1. The van der Waals surface area contributed by atoms with E-state index in [9.17, 15) is 0 Å². The van der Waals surface area contributed by atoms with Gasteiger partial charge in [-0.1, -0.05) is 22.9 Å². The van der Waals surface area contributed by atoms with Crippen molar-refractivity contribution in [3.8, 4) is 11.5 Å². The van der Waals surface area contributed by atoms with Gasteiger partial charge in [-0.2, -0.15) is 0 Å². The molecule has 0 bridgehead atoms. The Labute approximate surface area is 115 Å². The maximum atomic E-state index is 5.64. The van der Waals surface area contributed by atoms with Crippen LogP contribution in [0.4, 0.5) is 5.82 Å². The van der Waals surface area contributed by atoms with Crippen molar-refractivity contribution in [1.29, 1.82) is 0 Å². The van der Waals surface area contributed by atoms with Crippen LogP contribution in [-0.4, -0.2) is 25.2 Å². The monoisotopic (exact) mass is 270 g/mol. The van der Waals surface area contributed by atoms with Crippen LogP contribution in [0.2, 0.25) is 0 Å². The Kier molecular flexibility index (Phi) is 2.94. The standard InChI is InChI=1S/C13H14N6O/c1-8-3-5-10(6-4-8)13-17-15-11(20-13)7-19-9(2)12(14)16-18-19/h3-6H,7,14H2,1-2H3. The van der Waals surface area contributed by atoms with E-state index in [1.807, 2.05) is 38.1 Å². The molecule has 0 atom stereocenters. The predicted octanol–water partition coefficient (Wildman–Crippen LogP) is 1.58. The van der Waals surface area contributed by atoms with E-state index in [2.05, 4.69) is 20.5 Å². The van der Waals surface area contributed by atoms with Gasteiger partial charge in [-0.15, -0.1) is 15.3 Å². The molecule has 0 aliphatic rings. The third-order valence-corrected chi connectivity index (χ3v) is 3.07. The molecule has 20 heavy (non-hydrogen) atoms. The van der Waals surface area contributed by atoms with E-state index >= 15 is 0 Å². The molecule has 0 aliphatic carbocycles. The lowest BCUT2D eigenvalue weighted by atomic mass is 10.1. The SMILES string of the molecule is Cc1ccc(-c2nnc(Cn3nnc(N)c3C)o2)cc1. The summed E-state index contributed by atoms with van der Waals surface area (Å²) in [4.78, 5) is 0. The quantitative estimate of drug-likeness (QED) is 0.776. The molecule has 3 rings (SSSR count). The van der Waals surface area contributed by atoms with Gasteiger partial charge in [0, 0.05) is 5.56 Å². The second kappa shape index (κ2) is 4.76. The second-order valence-corrected chi connectivity index (χ2v) is 4.58. The van der Waals surface area contributed by atoms with Crippen LogP contribution in [0.25, 0.3) is 11.5 Å². The third kappa shape index (κ3) is 2.25. The lowest BCUT2D eigenvalue weighted by molar-refractivity contribution is 0.465. The summed E-state index contributed by atoms with van der Waals surface area (Å²) in [5.74, 6) is 1.36. The maximum absolute atomic E-state index is 5.64. The molecule has 7 heteroatoms. The predicted molar refractivity (Wildman–Crippen MR) is 72.7 cm³/mol. The third-order valence-electron chi connectivity index (χ3n) is 3.07. The van der Waals surface area contributed by atoms with Crippen LogP contribution in [0.3, 0.4) is 0 Å². The normalized spacial score (nSPS) is 10.9. The van der Waals surface area contributed by atoms with E-state index in [-0.39, 0.29) is 0 Å². The number of nitrogens with zero attached hydrogens (tertiary/aromatic N) is 5. The highest BCUT2D eigenvalue weighted by molar-refractivity contribution is 5.52. The van der Waals surface area contributed by atoms with Crippen molar-refractivity contribution >= 4 is 5.82 Å². The molecule has 2 heterocycles. The van der Waals surface area contributed by atoms with Crippen LogP contribution in [0.1, 0.15) is 17.1 Å². The summed E-state index contributed by atoms with van der Waals surface area (Å²) in [7, 11) is 0. The van der Waals surface area contributed by atoms with Crippen molar-refractivity contribution in [3.05, 3.63) is 41.4 Å². The average molecular weight is 270 g/mol. The van der Waals surface area contributed by atoms with Gasteiger partial charge in [0.05, 0.1) is 5.69 Å². The molecule has 2 N–H and O–H groups in total. The van der Waals surface area contributed by atoms with Crippen molar-refractivity contribution in [2.45, 2.75) is 20.4 Å². The van der Waals surface area contributed by atoms with Gasteiger partial charge >= 0.3 is 0 Å². The summed E-state index contributed by atoms with van der Waals surface area (Å²) in [5.41, 5.74) is 8.50. The van der Waals surface area contributed by atoms with E-state index in [1.54, 1.807) is 4.68 Å². The number of benzene rings is 1. The highest BCUT2D eigenvalue weighted by Crippen LogP contribution is 2.18. The number of nitrogens with two attached hydrogens (primary N) is 1. The maximum Gasteiger partial charge on any atom is 0.247 e. The Hall–Kier alpha value is -2.70. The molecule has 1 aromatic carbocycles. The summed E-state index contributed by atoms with van der Waals surface area (Å²) in [6, 6.07) is 7.90. The van der Waals surface area contributed by atoms with Crippen LogP contribution in [0.5, 0.6) is 0 Å². The van der Waals surface area contributed by atoms with Crippen LogP contribution < -0.4 is 5.73 Å². The first-order valence-corrected chi connectivity index (χ1v) is 6.18. The lowest BCUT2D eigenvalue weighted by Crippen LogP contribution is -2.04. The number of aromatic nitrogens is 5. The zero-order valence-corrected chi connectivity index (χ0v) is 11.2. The summed E-state index contributed by atoms with van der Waals surface area (Å²) in [5, 5.41) is 15.8. The molecule has 3 aromatic rings. The van der Waals surface area contributed by atoms with Crippen molar-refractivity contribution in [1.82, 2.24) is 25.2 Å². The molecular formula is C13H14N6O. The Bertz CT molecular complexity index is 728. The van der Waals surface area contributed by atoms with Gasteiger partial charge in [-0.25, -0.2) is 4.68 Å². The van der Waals surface area contributed by atoms with Crippen LogP contribution in [-0.2, 0) is 6.54 Å². The van der Waals surface area contributed by atoms with Gasteiger partial charge < -0.3 is 10.2 Å². The molecule has 7 nitrogen and oxygen atoms in total. The molecule has 0 saturated carbocycles. The molecule has 0 saturated heterocycles. The van der Waals surface area contributed by atoms with E-state index in [4.69, 9.17) is 10.2 Å². The van der Waals surface area contributed by atoms with Crippen molar-refractivity contribution in [2.75, 3.05) is 5.73 Å². The van der Waals surface area contributed by atoms with E-state index < -0.39 is 0 Å². The fourth-order valence-electron chi connectivity index (χ4n) is 1.78. The summed E-state index contributed by atoms with van der Waals surface area (Å²) in [6.07, 6.45) is 0. The zero-order chi connectivity index (χ0) is 14.1. The highest BCUT2D eigenvalue weighted by atomic mass is 16.4. The molecule has 0 aliphatic heterocycles. The van der Waals surface area contributed by atoms with E-state index in [0.29, 0.717) is 24.1 Å². The molecule has 102 valence electrons. The summed E-state index contributed by atoms with van der Waals surface area (Å²) < 4.78 is 7.25. The fourth-order valence-corrected chi connectivity index (χ4v) is 1.78. The van der Waals surface area contributed by atoms with Gasteiger partial charge in [0.1, 0.15) is 6.54 Å². The Balaban J connectivity index is 1.83. The molecule has 0 radical (unpaired) electrons. The molecule has 0 fully saturated rings. The minimum Gasteiger partial charge on any atom is -0.419 e. The number of hydrogen-bond donors (Lipinski definition) is 1. The number of hydrogen-bond acceptors (Lipinski definition) is 6. The molecule has 0 spiro atoms. The zero-order valence-electron chi connectivity index (χ0n) is 11.2. The first-order chi connectivity index (χ1) is 9.63. The molecule has 0 amide bonds. The number of nitrogen functional groups attached to an aromatic ring is 1. The Morgan fingerprint density at radius 3 is 2.50 bits per heavy atom. The van der Waals surface area contributed by atoms with Crippen molar-refractivity contribution < 1.29 is 4.42 Å². The summed E-state index contributed by atoms with van der Waals surface area (Å²) in [6.45, 7) is 4.22. The first-order valence-electron chi connectivity index (χ1n) is 6.18. The van der Waals surface area contributed by atoms with E-state index in [0.717, 1.165) is 11.3 Å². The minimum absolute atomic E-state index is 0.356. The lowest BCUT2D eigenvalue weighted by Gasteiger charge is -1.98. The van der Waals surface area contributed by atoms with Gasteiger partial charge in [-0.3, -0.25) is 0 Å². The smallest absolute Gasteiger partial charge is 0.247 e. The van der Waals surface area contributed by atoms with E-state index in [1.165, 1.54) is 5.56 Å². The van der Waals surface area contributed by atoms with Crippen molar-refractivity contribution in [2.24, 2.45) is 0 Å². The largest absolute Gasteiger partial charge is 0.419 e. The highest BCUT2D eigenvalue weighted by Gasteiger charge is 2.12. The van der Waals surface area contributed by atoms with Gasteiger partial charge in [-0.05, 0) is 26.0 Å². The first kappa shape index (κ1) is 12.3. The van der Waals surface area contributed by atoms with Gasteiger partial charge in [0.2, 0.25) is 11.8 Å². The number of aryl methyl sites for hydroxylation is 1. The Morgan fingerprint density at radius 2 is 1.85 bits per heavy atom. The van der Waals surface area contributed by atoms with Gasteiger partial charge in [0.15, 0.2) is 5.82 Å². The Morgan fingerprint density at radius 1 is 1.10 bits per heavy atom. The van der Waals surface area contributed by atoms with Gasteiger partial charge in [0.25, 0.3) is 0 Å². The topological polar surface area (TPSA) is 95.7 Å². The summed E-state index contributed by atoms with van der Waals surface area (Å²) >= 11 is 0. The number of rotatable bonds is 3. The van der Waals surface area contributed by atoms with Crippen LogP contribution >= 0.6 is 0 Å². The fraction of sp³-hybridized carbons (Fsp3) is 0.231. The van der Waals surface area contributed by atoms with Crippen LogP contribution in [0, 0.1) is 13.8 Å². The van der Waals surface area contributed by atoms with Crippen molar-refractivity contribution in [3.63, 3.8) is 0 Å². The van der Waals surface area contributed by atoms with Crippen LogP contribution in [0.15, 0.2) is 28.7 Å². The molecule has 0 unspecified atom stereocenters. The average Bonchev–Trinajstić information content (AvgIpc) is 3.02. The minimum atomic E-state index is 0.356. The molecule has 2 aromatic heterocycles.